The predicted molar refractivity (Wildman–Crippen MR) is 77.7 cm³/mol. The van der Waals surface area contributed by atoms with Crippen LogP contribution in [0.2, 0.25) is 0 Å². The van der Waals surface area contributed by atoms with Crippen LogP contribution in [0.5, 0.6) is 0 Å². The van der Waals surface area contributed by atoms with Gasteiger partial charge in [-0.1, -0.05) is 25.1 Å². The van der Waals surface area contributed by atoms with E-state index in [4.69, 9.17) is 0 Å². The molecule has 1 heterocycles. The van der Waals surface area contributed by atoms with Gasteiger partial charge in [0.1, 0.15) is 0 Å². The molecule has 106 valence electrons. The van der Waals surface area contributed by atoms with E-state index in [-0.39, 0.29) is 17.4 Å². The zero-order valence-electron chi connectivity index (χ0n) is 12.0. The van der Waals surface area contributed by atoms with Crippen LogP contribution in [-0.4, -0.2) is 41.1 Å². The van der Waals surface area contributed by atoms with Crippen molar-refractivity contribution in [3.05, 3.63) is 29.3 Å². The van der Waals surface area contributed by atoms with Crippen molar-refractivity contribution in [2.45, 2.75) is 44.1 Å². The van der Waals surface area contributed by atoms with Crippen molar-refractivity contribution in [1.82, 2.24) is 4.90 Å². The lowest BCUT2D eigenvalue weighted by Crippen LogP contribution is -2.56. The number of carbonyl (C=O) groups is 1. The van der Waals surface area contributed by atoms with Crippen LogP contribution in [0.15, 0.2) is 18.2 Å². The van der Waals surface area contributed by atoms with Gasteiger partial charge in [0.05, 0.1) is 0 Å². The van der Waals surface area contributed by atoms with Crippen LogP contribution in [0.25, 0.3) is 0 Å². The molecule has 0 radical (unpaired) electrons. The Morgan fingerprint density at radius 3 is 2.80 bits per heavy atom. The molecule has 0 saturated carbocycles. The van der Waals surface area contributed by atoms with Crippen molar-refractivity contribution in [1.29, 1.82) is 0 Å². The normalized spacial score (nSPS) is 28.9. The fourth-order valence-electron chi connectivity index (χ4n) is 3.97. The average molecular weight is 273 g/mol. The van der Waals surface area contributed by atoms with Crippen LogP contribution in [0, 0.1) is 0 Å². The van der Waals surface area contributed by atoms with Crippen molar-refractivity contribution in [2.24, 2.45) is 0 Å². The number of likely N-dealkylation sites (tertiary alicyclic amines) is 1. The zero-order valence-corrected chi connectivity index (χ0v) is 12.0. The molecule has 1 aliphatic heterocycles. The van der Waals surface area contributed by atoms with Crippen LogP contribution < -0.4 is 5.46 Å². The van der Waals surface area contributed by atoms with Gasteiger partial charge in [-0.25, -0.2) is 0 Å². The van der Waals surface area contributed by atoms with Crippen molar-refractivity contribution >= 4 is 18.5 Å². The summed E-state index contributed by atoms with van der Waals surface area (Å²) >= 11 is 0. The fourth-order valence-corrected chi connectivity index (χ4v) is 3.97. The monoisotopic (exact) mass is 273 g/mol. The number of fused-ring (bicyclic) bond motifs is 3. The molecule has 0 spiro atoms. The Hall–Kier alpha value is -1.33. The quantitative estimate of drug-likeness (QED) is 0.718. The molecule has 1 aliphatic carbocycles. The Labute approximate surface area is 119 Å². The van der Waals surface area contributed by atoms with Gasteiger partial charge in [0.15, 0.2) is 0 Å². The third kappa shape index (κ3) is 1.88. The maximum atomic E-state index is 11.9. The van der Waals surface area contributed by atoms with Crippen molar-refractivity contribution in [3.63, 3.8) is 0 Å². The summed E-state index contributed by atoms with van der Waals surface area (Å²) in [5.74, 6) is 0.235. The summed E-state index contributed by atoms with van der Waals surface area (Å²) in [5, 5.41) is 18.6. The largest absolute Gasteiger partial charge is 0.488 e. The standard InChI is InChI=1S/C15H20BNO3/c1-15-8-7-14(18)17(2)13(15)6-3-10-9-11(16(19)20)4-5-12(10)15/h4-5,9,13,19-20H,3,6-8H2,1-2H3/t13-,15?/m1/s1. The van der Waals surface area contributed by atoms with Gasteiger partial charge in [-0.3, -0.25) is 4.79 Å². The molecule has 2 N–H and O–H groups in total. The number of carbonyl (C=O) groups excluding carboxylic acids is 1. The Morgan fingerprint density at radius 1 is 1.35 bits per heavy atom. The smallest absolute Gasteiger partial charge is 0.423 e. The molecule has 20 heavy (non-hydrogen) atoms. The number of amides is 1. The molecule has 4 nitrogen and oxygen atoms in total. The molecule has 1 aromatic carbocycles. The van der Waals surface area contributed by atoms with Crippen molar-refractivity contribution in [3.8, 4) is 0 Å². The van der Waals surface area contributed by atoms with Gasteiger partial charge in [-0.2, -0.15) is 0 Å². The molecule has 2 aliphatic rings. The zero-order chi connectivity index (χ0) is 14.5. The number of rotatable bonds is 1. The molecule has 1 amide bonds. The number of likely N-dealkylation sites (N-methyl/N-ethyl adjacent to an activating group) is 1. The van der Waals surface area contributed by atoms with Gasteiger partial charge in [0, 0.05) is 24.9 Å². The van der Waals surface area contributed by atoms with E-state index in [0.29, 0.717) is 11.9 Å². The maximum absolute atomic E-state index is 11.9. The van der Waals surface area contributed by atoms with Gasteiger partial charge in [0.2, 0.25) is 5.91 Å². The number of piperidine rings is 1. The summed E-state index contributed by atoms with van der Waals surface area (Å²) in [4.78, 5) is 13.8. The van der Waals surface area contributed by atoms with Gasteiger partial charge < -0.3 is 14.9 Å². The van der Waals surface area contributed by atoms with Crippen molar-refractivity contribution in [2.75, 3.05) is 7.05 Å². The molecular formula is C15H20BNO3. The summed E-state index contributed by atoms with van der Waals surface area (Å²) < 4.78 is 0. The minimum Gasteiger partial charge on any atom is -0.423 e. The highest BCUT2D eigenvalue weighted by Gasteiger charge is 2.46. The minimum atomic E-state index is -1.42. The first kappa shape index (κ1) is 13.6. The van der Waals surface area contributed by atoms with E-state index in [1.165, 1.54) is 11.1 Å². The average Bonchev–Trinajstić information content (AvgIpc) is 2.43. The summed E-state index contributed by atoms with van der Waals surface area (Å²) in [5.41, 5.74) is 2.98. The number of hydrogen-bond acceptors (Lipinski definition) is 3. The van der Waals surface area contributed by atoms with Gasteiger partial charge >= 0.3 is 7.12 Å². The minimum absolute atomic E-state index is 0.0187. The SMILES string of the molecule is CN1C(=O)CCC2(C)c3ccc(B(O)O)cc3CC[C@@H]12. The van der Waals surface area contributed by atoms with Crippen LogP contribution >= 0.6 is 0 Å². The first-order chi connectivity index (χ1) is 9.43. The molecule has 0 aromatic heterocycles. The van der Waals surface area contributed by atoms with Gasteiger partial charge in [0.25, 0.3) is 0 Å². The number of aryl methyl sites for hydroxylation is 1. The molecule has 1 unspecified atom stereocenters. The third-order valence-electron chi connectivity index (χ3n) is 5.18. The van der Waals surface area contributed by atoms with Crippen LogP contribution in [-0.2, 0) is 16.6 Å². The Balaban J connectivity index is 2.04. The lowest BCUT2D eigenvalue weighted by Gasteiger charge is -2.50. The molecule has 3 rings (SSSR count). The Kier molecular flexibility index (Phi) is 3.14. The second-order valence-electron chi connectivity index (χ2n) is 6.27. The van der Waals surface area contributed by atoms with Gasteiger partial charge in [-0.05, 0) is 35.9 Å². The van der Waals surface area contributed by atoms with Crippen molar-refractivity contribution < 1.29 is 14.8 Å². The predicted octanol–water partition coefficient (Wildman–Crippen LogP) is 0.191. The van der Waals surface area contributed by atoms with Crippen LogP contribution in [0.1, 0.15) is 37.3 Å². The second kappa shape index (κ2) is 4.60. The van der Waals surface area contributed by atoms with E-state index in [1.807, 2.05) is 24.1 Å². The first-order valence-corrected chi connectivity index (χ1v) is 7.18. The highest BCUT2D eigenvalue weighted by Crippen LogP contribution is 2.45. The molecule has 1 fully saturated rings. The molecule has 1 aromatic rings. The van der Waals surface area contributed by atoms with E-state index in [2.05, 4.69) is 6.92 Å². The van der Waals surface area contributed by atoms with Gasteiger partial charge in [-0.15, -0.1) is 0 Å². The molecular weight excluding hydrogens is 253 g/mol. The summed E-state index contributed by atoms with van der Waals surface area (Å²) in [7, 11) is 0.489. The summed E-state index contributed by atoms with van der Waals surface area (Å²) in [6.07, 6.45) is 3.28. The third-order valence-corrected chi connectivity index (χ3v) is 5.18. The number of hydrogen-bond donors (Lipinski definition) is 2. The Morgan fingerprint density at radius 2 is 2.10 bits per heavy atom. The fraction of sp³-hybridized carbons (Fsp3) is 0.533. The summed E-state index contributed by atoms with van der Waals surface area (Å²) in [6.45, 7) is 2.23. The van der Waals surface area contributed by atoms with E-state index >= 15 is 0 Å². The highest BCUT2D eigenvalue weighted by molar-refractivity contribution is 6.58. The topological polar surface area (TPSA) is 60.8 Å². The lowest BCUT2D eigenvalue weighted by molar-refractivity contribution is -0.138. The van der Waals surface area contributed by atoms with Crippen LogP contribution in [0.4, 0.5) is 0 Å². The summed E-state index contributed by atoms with van der Waals surface area (Å²) in [6, 6.07) is 5.95. The number of benzene rings is 1. The molecule has 2 atom stereocenters. The molecule has 0 bridgehead atoms. The second-order valence-corrected chi connectivity index (χ2v) is 6.27. The molecule has 5 heteroatoms. The van der Waals surface area contributed by atoms with E-state index in [9.17, 15) is 14.8 Å². The molecule has 1 saturated heterocycles. The highest BCUT2D eigenvalue weighted by atomic mass is 16.4. The van der Waals surface area contributed by atoms with Crippen LogP contribution in [0.3, 0.4) is 0 Å². The van der Waals surface area contributed by atoms with E-state index in [0.717, 1.165) is 19.3 Å². The maximum Gasteiger partial charge on any atom is 0.488 e. The number of nitrogens with zero attached hydrogens (tertiary/aromatic N) is 1. The lowest BCUT2D eigenvalue weighted by atomic mass is 9.62. The van der Waals surface area contributed by atoms with E-state index in [1.54, 1.807) is 6.07 Å². The van der Waals surface area contributed by atoms with E-state index < -0.39 is 7.12 Å². The Bertz CT molecular complexity index is 560. The first-order valence-electron chi connectivity index (χ1n) is 7.18.